The summed E-state index contributed by atoms with van der Waals surface area (Å²) in [6, 6.07) is 17.1. The molecule has 2 rings (SSSR count). The van der Waals surface area contributed by atoms with Gasteiger partial charge in [-0.3, -0.25) is 4.79 Å². The third kappa shape index (κ3) is 3.18. The smallest absolute Gasteiger partial charge is 0.336 e. The summed E-state index contributed by atoms with van der Waals surface area (Å²) < 4.78 is 4.74. The molecule has 2 aromatic rings. The van der Waals surface area contributed by atoms with Crippen molar-refractivity contribution in [2.75, 3.05) is 7.11 Å². The molecule has 3 nitrogen and oxygen atoms in total. The van der Waals surface area contributed by atoms with Gasteiger partial charge < -0.3 is 4.74 Å². The standard InChI is InChI=1S/C18H15NO2/c1-13-9-11-15(12-10-13)16(14-7-5-4-6-8-14)17(19-2)18(20)21-3/h4-12H,1,3H3/b17-16-. The minimum Gasteiger partial charge on any atom is -0.474 e. The highest BCUT2D eigenvalue weighted by Crippen LogP contribution is 2.28. The molecule has 0 aliphatic carbocycles. The number of hydrogen-bond acceptors (Lipinski definition) is 2. The van der Waals surface area contributed by atoms with Crippen LogP contribution in [-0.4, -0.2) is 13.1 Å². The Labute approximate surface area is 124 Å². The first-order valence-corrected chi connectivity index (χ1v) is 6.50. The summed E-state index contributed by atoms with van der Waals surface area (Å²) in [5.41, 5.74) is 3.35. The van der Waals surface area contributed by atoms with Crippen molar-refractivity contribution in [3.63, 3.8) is 0 Å². The Hall–Kier alpha value is -2.86. The first kappa shape index (κ1) is 14.5. The van der Waals surface area contributed by atoms with Gasteiger partial charge in [0, 0.05) is 5.57 Å². The summed E-state index contributed by atoms with van der Waals surface area (Å²) in [5.74, 6) is -0.621. The van der Waals surface area contributed by atoms with Crippen LogP contribution < -0.4 is 0 Å². The van der Waals surface area contributed by atoms with E-state index in [9.17, 15) is 4.79 Å². The van der Waals surface area contributed by atoms with Crippen LogP contribution in [0.1, 0.15) is 16.7 Å². The van der Waals surface area contributed by atoms with E-state index in [0.29, 0.717) is 5.57 Å². The zero-order chi connectivity index (χ0) is 15.2. The van der Waals surface area contributed by atoms with Gasteiger partial charge >= 0.3 is 5.97 Å². The highest BCUT2D eigenvalue weighted by Gasteiger charge is 2.19. The van der Waals surface area contributed by atoms with Crippen LogP contribution in [-0.2, 0) is 9.53 Å². The lowest BCUT2D eigenvalue weighted by molar-refractivity contribution is -0.135. The highest BCUT2D eigenvalue weighted by molar-refractivity contribution is 6.03. The molecule has 0 amide bonds. The van der Waals surface area contributed by atoms with Crippen LogP contribution in [0.3, 0.4) is 0 Å². The van der Waals surface area contributed by atoms with Gasteiger partial charge in [-0.05, 0) is 18.1 Å². The Morgan fingerprint density at radius 2 is 1.57 bits per heavy atom. The van der Waals surface area contributed by atoms with Gasteiger partial charge in [0.15, 0.2) is 0 Å². The van der Waals surface area contributed by atoms with Gasteiger partial charge in [-0.25, -0.2) is 4.85 Å². The van der Waals surface area contributed by atoms with Crippen LogP contribution in [0.15, 0.2) is 60.3 Å². The van der Waals surface area contributed by atoms with Gasteiger partial charge in [0.05, 0.1) is 13.7 Å². The molecule has 0 saturated carbocycles. The molecule has 0 aliphatic heterocycles. The van der Waals surface area contributed by atoms with Crippen LogP contribution in [0, 0.1) is 13.5 Å². The Bertz CT molecular complexity index is 707. The molecular weight excluding hydrogens is 262 g/mol. The number of carbonyl (C=O) groups is 1. The van der Waals surface area contributed by atoms with Crippen molar-refractivity contribution >= 4 is 11.5 Å². The van der Waals surface area contributed by atoms with Gasteiger partial charge in [-0.2, -0.15) is 0 Å². The maximum absolute atomic E-state index is 11.9. The second-order valence-corrected chi connectivity index (χ2v) is 4.56. The lowest BCUT2D eigenvalue weighted by Crippen LogP contribution is -2.05. The molecule has 0 N–H and O–H groups in total. The predicted octanol–water partition coefficient (Wildman–Crippen LogP) is 3.85. The van der Waals surface area contributed by atoms with Gasteiger partial charge in [-0.1, -0.05) is 60.2 Å². The van der Waals surface area contributed by atoms with Crippen molar-refractivity contribution in [1.29, 1.82) is 0 Å². The Balaban J connectivity index is 2.71. The second-order valence-electron chi connectivity index (χ2n) is 4.56. The summed E-state index contributed by atoms with van der Waals surface area (Å²) >= 11 is 0. The fourth-order valence-corrected chi connectivity index (χ4v) is 2.07. The molecule has 0 heterocycles. The van der Waals surface area contributed by atoms with Crippen LogP contribution in [0.5, 0.6) is 0 Å². The van der Waals surface area contributed by atoms with Crippen LogP contribution >= 0.6 is 0 Å². The fraction of sp³-hybridized carbons (Fsp3) is 0.111. The van der Waals surface area contributed by atoms with E-state index >= 15 is 0 Å². The molecule has 0 radical (unpaired) electrons. The summed E-state index contributed by atoms with van der Waals surface area (Å²) in [6.45, 7) is 9.32. The SMILES string of the molecule is [C-]#[N+]/C(C(=O)OC)=C(/c1ccccc1)c1ccc(C)cc1. The van der Waals surface area contributed by atoms with Crippen LogP contribution in [0.25, 0.3) is 10.4 Å². The molecule has 21 heavy (non-hydrogen) atoms. The maximum atomic E-state index is 11.9. The first-order chi connectivity index (χ1) is 10.2. The third-order valence-electron chi connectivity index (χ3n) is 3.13. The number of rotatable bonds is 3. The van der Waals surface area contributed by atoms with Crippen molar-refractivity contribution < 1.29 is 9.53 Å². The minimum absolute atomic E-state index is 0.00690. The zero-order valence-electron chi connectivity index (χ0n) is 12.0. The molecule has 0 aromatic heterocycles. The molecule has 0 saturated heterocycles. The molecule has 104 valence electrons. The monoisotopic (exact) mass is 277 g/mol. The quantitative estimate of drug-likeness (QED) is 0.485. The summed E-state index contributed by atoms with van der Waals surface area (Å²) in [4.78, 5) is 15.3. The molecule has 2 aromatic carbocycles. The molecule has 0 spiro atoms. The molecule has 0 aliphatic rings. The number of esters is 1. The Morgan fingerprint density at radius 1 is 1.00 bits per heavy atom. The Morgan fingerprint density at radius 3 is 2.10 bits per heavy atom. The van der Waals surface area contributed by atoms with Crippen molar-refractivity contribution in [3.8, 4) is 0 Å². The van der Waals surface area contributed by atoms with E-state index in [1.807, 2.05) is 61.5 Å². The molecule has 0 fully saturated rings. The number of aryl methyl sites for hydroxylation is 1. The van der Waals surface area contributed by atoms with Gasteiger partial charge in [0.25, 0.3) is 5.70 Å². The van der Waals surface area contributed by atoms with Crippen molar-refractivity contribution in [2.24, 2.45) is 0 Å². The number of methoxy groups -OCH3 is 1. The average Bonchev–Trinajstić information content (AvgIpc) is 2.54. The van der Waals surface area contributed by atoms with Gasteiger partial charge in [0.2, 0.25) is 0 Å². The topological polar surface area (TPSA) is 30.7 Å². The minimum atomic E-state index is -0.621. The summed E-state index contributed by atoms with van der Waals surface area (Å²) in [5, 5.41) is 0. The third-order valence-corrected chi connectivity index (χ3v) is 3.13. The van der Waals surface area contributed by atoms with E-state index in [1.54, 1.807) is 0 Å². The first-order valence-electron chi connectivity index (χ1n) is 6.50. The number of benzene rings is 2. The summed E-state index contributed by atoms with van der Waals surface area (Å²) in [6.07, 6.45) is 0. The predicted molar refractivity (Wildman–Crippen MR) is 82.3 cm³/mol. The molecule has 0 unspecified atom stereocenters. The zero-order valence-corrected chi connectivity index (χ0v) is 12.0. The maximum Gasteiger partial charge on any atom is 0.336 e. The van der Waals surface area contributed by atoms with E-state index in [-0.39, 0.29) is 5.70 Å². The number of ether oxygens (including phenoxy) is 1. The van der Waals surface area contributed by atoms with E-state index in [1.165, 1.54) is 7.11 Å². The van der Waals surface area contributed by atoms with E-state index in [0.717, 1.165) is 16.7 Å². The molecule has 0 bridgehead atoms. The summed E-state index contributed by atoms with van der Waals surface area (Å²) in [7, 11) is 1.28. The van der Waals surface area contributed by atoms with E-state index in [4.69, 9.17) is 11.3 Å². The molecule has 3 heteroatoms. The number of nitrogens with zero attached hydrogens (tertiary/aromatic N) is 1. The van der Waals surface area contributed by atoms with Crippen molar-refractivity contribution in [1.82, 2.24) is 0 Å². The van der Waals surface area contributed by atoms with Gasteiger partial charge in [0.1, 0.15) is 0 Å². The van der Waals surface area contributed by atoms with E-state index in [2.05, 4.69) is 4.85 Å². The van der Waals surface area contributed by atoms with Crippen LogP contribution in [0.2, 0.25) is 0 Å². The lowest BCUT2D eigenvalue weighted by Gasteiger charge is -2.11. The number of carbonyl (C=O) groups excluding carboxylic acids is 1. The normalized spacial score (nSPS) is 11.3. The lowest BCUT2D eigenvalue weighted by atomic mass is 9.95. The van der Waals surface area contributed by atoms with Crippen molar-refractivity contribution in [2.45, 2.75) is 6.92 Å². The average molecular weight is 277 g/mol. The van der Waals surface area contributed by atoms with Crippen LogP contribution in [0.4, 0.5) is 0 Å². The number of hydrogen-bond donors (Lipinski definition) is 0. The second kappa shape index (κ2) is 6.53. The van der Waals surface area contributed by atoms with E-state index < -0.39 is 5.97 Å². The fourth-order valence-electron chi connectivity index (χ4n) is 2.07. The molecule has 0 atom stereocenters. The highest BCUT2D eigenvalue weighted by atomic mass is 16.5. The largest absolute Gasteiger partial charge is 0.474 e. The van der Waals surface area contributed by atoms with Gasteiger partial charge in [-0.15, -0.1) is 0 Å². The van der Waals surface area contributed by atoms with Crippen molar-refractivity contribution in [3.05, 3.63) is 88.4 Å². The Kier molecular flexibility index (Phi) is 4.53. The molecular formula is C18H15NO2.